The van der Waals surface area contributed by atoms with Gasteiger partial charge in [-0.3, -0.25) is 0 Å². The first-order chi connectivity index (χ1) is 7.65. The van der Waals surface area contributed by atoms with Crippen molar-refractivity contribution in [2.75, 3.05) is 25.5 Å². The molecule has 0 aliphatic carbocycles. The van der Waals surface area contributed by atoms with Crippen LogP contribution in [0.4, 0.5) is 5.69 Å². The number of para-hydroxylation sites is 1. The molecule has 0 radical (unpaired) electrons. The third-order valence-corrected chi connectivity index (χ3v) is 3.48. The zero-order valence-electron chi connectivity index (χ0n) is 9.98. The molecule has 1 aromatic rings. The number of nitrogens with zero attached hydrogens (tertiary/aromatic N) is 1. The maximum absolute atomic E-state index is 9.62. The molecule has 2 unspecified atom stereocenters. The van der Waals surface area contributed by atoms with Gasteiger partial charge in [-0.05, 0) is 32.5 Å². The molecule has 1 heterocycles. The molecule has 0 amide bonds. The van der Waals surface area contributed by atoms with Crippen molar-refractivity contribution in [3.63, 3.8) is 0 Å². The Bertz CT molecular complexity index is 329. The molecule has 2 atom stereocenters. The van der Waals surface area contributed by atoms with Crippen LogP contribution in [0.5, 0.6) is 0 Å². The molecule has 88 valence electrons. The number of likely N-dealkylation sites (N-methyl/N-ethyl adjacent to an activating group) is 1. The monoisotopic (exact) mass is 220 g/mol. The van der Waals surface area contributed by atoms with E-state index in [2.05, 4.69) is 24.2 Å². The Balaban J connectivity index is 2.12. The largest absolute Gasteiger partial charge is 0.394 e. The van der Waals surface area contributed by atoms with Crippen molar-refractivity contribution >= 4 is 5.69 Å². The highest BCUT2D eigenvalue weighted by molar-refractivity contribution is 5.46. The van der Waals surface area contributed by atoms with Crippen LogP contribution in [0.25, 0.3) is 0 Å². The summed E-state index contributed by atoms with van der Waals surface area (Å²) >= 11 is 0. The SMILES string of the molecule is CC1CC(CO)(Nc2ccccc2)CN1C. The summed E-state index contributed by atoms with van der Waals surface area (Å²) in [6.45, 7) is 3.26. The van der Waals surface area contributed by atoms with E-state index >= 15 is 0 Å². The normalized spacial score (nSPS) is 30.6. The van der Waals surface area contributed by atoms with Gasteiger partial charge in [0.05, 0.1) is 12.1 Å². The van der Waals surface area contributed by atoms with Gasteiger partial charge < -0.3 is 15.3 Å². The van der Waals surface area contributed by atoms with Gasteiger partial charge in [0.15, 0.2) is 0 Å². The summed E-state index contributed by atoms with van der Waals surface area (Å²) < 4.78 is 0. The van der Waals surface area contributed by atoms with E-state index in [1.54, 1.807) is 0 Å². The fraction of sp³-hybridized carbons (Fsp3) is 0.538. The zero-order chi connectivity index (χ0) is 11.6. The highest BCUT2D eigenvalue weighted by atomic mass is 16.3. The third-order valence-electron chi connectivity index (χ3n) is 3.48. The molecular weight excluding hydrogens is 200 g/mol. The van der Waals surface area contributed by atoms with E-state index in [9.17, 15) is 5.11 Å². The molecule has 1 saturated heterocycles. The van der Waals surface area contributed by atoms with Crippen molar-refractivity contribution in [2.24, 2.45) is 0 Å². The third kappa shape index (κ3) is 2.20. The second-order valence-corrected chi connectivity index (χ2v) is 4.90. The average Bonchev–Trinajstić information content (AvgIpc) is 2.56. The molecule has 2 N–H and O–H groups in total. The maximum atomic E-state index is 9.62. The molecule has 0 spiro atoms. The molecule has 0 aromatic heterocycles. The molecule has 1 aromatic carbocycles. The van der Waals surface area contributed by atoms with Crippen LogP contribution in [0, 0.1) is 0 Å². The second-order valence-electron chi connectivity index (χ2n) is 4.90. The van der Waals surface area contributed by atoms with Crippen molar-refractivity contribution in [1.29, 1.82) is 0 Å². The molecule has 16 heavy (non-hydrogen) atoms. The maximum Gasteiger partial charge on any atom is 0.0745 e. The highest BCUT2D eigenvalue weighted by Crippen LogP contribution is 2.29. The number of rotatable bonds is 3. The van der Waals surface area contributed by atoms with Crippen molar-refractivity contribution in [1.82, 2.24) is 4.90 Å². The number of aliphatic hydroxyl groups excluding tert-OH is 1. The van der Waals surface area contributed by atoms with Crippen LogP contribution in [-0.2, 0) is 0 Å². The highest BCUT2D eigenvalue weighted by Gasteiger charge is 2.40. The summed E-state index contributed by atoms with van der Waals surface area (Å²) in [5, 5.41) is 13.1. The van der Waals surface area contributed by atoms with E-state index in [0.29, 0.717) is 6.04 Å². The fourth-order valence-electron chi connectivity index (χ4n) is 2.49. The second kappa shape index (κ2) is 4.44. The molecule has 0 saturated carbocycles. The van der Waals surface area contributed by atoms with Crippen molar-refractivity contribution in [2.45, 2.75) is 24.9 Å². The lowest BCUT2D eigenvalue weighted by molar-refractivity contribution is 0.212. The Morgan fingerprint density at radius 3 is 2.62 bits per heavy atom. The number of hydrogen-bond donors (Lipinski definition) is 2. The van der Waals surface area contributed by atoms with Crippen LogP contribution in [0.15, 0.2) is 30.3 Å². The number of likely N-dealkylation sites (tertiary alicyclic amines) is 1. The fourth-order valence-corrected chi connectivity index (χ4v) is 2.49. The van der Waals surface area contributed by atoms with Gasteiger partial charge >= 0.3 is 0 Å². The summed E-state index contributed by atoms with van der Waals surface area (Å²) in [6, 6.07) is 10.6. The van der Waals surface area contributed by atoms with Gasteiger partial charge in [0.25, 0.3) is 0 Å². The van der Waals surface area contributed by atoms with Gasteiger partial charge in [-0.2, -0.15) is 0 Å². The van der Waals surface area contributed by atoms with Gasteiger partial charge in [0.1, 0.15) is 0 Å². The van der Waals surface area contributed by atoms with E-state index in [-0.39, 0.29) is 12.1 Å². The lowest BCUT2D eigenvalue weighted by Crippen LogP contribution is -2.44. The van der Waals surface area contributed by atoms with Crippen LogP contribution in [0.3, 0.4) is 0 Å². The molecule has 0 bridgehead atoms. The van der Waals surface area contributed by atoms with Crippen LogP contribution >= 0.6 is 0 Å². The summed E-state index contributed by atoms with van der Waals surface area (Å²) in [7, 11) is 2.11. The van der Waals surface area contributed by atoms with Gasteiger partial charge in [0, 0.05) is 18.3 Å². The Hall–Kier alpha value is -1.06. The van der Waals surface area contributed by atoms with Crippen LogP contribution in [0.2, 0.25) is 0 Å². The summed E-state index contributed by atoms with van der Waals surface area (Å²) in [6.07, 6.45) is 0.981. The minimum Gasteiger partial charge on any atom is -0.394 e. The van der Waals surface area contributed by atoms with Gasteiger partial charge in [0.2, 0.25) is 0 Å². The van der Waals surface area contributed by atoms with E-state index < -0.39 is 0 Å². The van der Waals surface area contributed by atoms with Crippen molar-refractivity contribution in [3.8, 4) is 0 Å². The summed E-state index contributed by atoms with van der Waals surface area (Å²) in [5.74, 6) is 0. The quantitative estimate of drug-likeness (QED) is 0.811. The average molecular weight is 220 g/mol. The Morgan fingerprint density at radius 2 is 2.12 bits per heavy atom. The predicted octanol–water partition coefficient (Wildman–Crippen LogP) is 1.55. The van der Waals surface area contributed by atoms with Gasteiger partial charge in [-0.15, -0.1) is 0 Å². The van der Waals surface area contributed by atoms with E-state index in [1.807, 2.05) is 30.3 Å². The topological polar surface area (TPSA) is 35.5 Å². The molecule has 1 fully saturated rings. The standard InChI is InChI=1S/C13H20N2O/c1-11-8-13(10-16,9-15(11)2)14-12-6-4-3-5-7-12/h3-7,11,14,16H,8-10H2,1-2H3. The molecule has 3 nitrogen and oxygen atoms in total. The summed E-state index contributed by atoms with van der Waals surface area (Å²) in [4.78, 5) is 2.28. The first-order valence-electron chi connectivity index (χ1n) is 5.79. The lowest BCUT2D eigenvalue weighted by atomic mass is 9.97. The Morgan fingerprint density at radius 1 is 1.44 bits per heavy atom. The van der Waals surface area contributed by atoms with Crippen molar-refractivity contribution in [3.05, 3.63) is 30.3 Å². The van der Waals surface area contributed by atoms with Crippen LogP contribution < -0.4 is 5.32 Å². The molecule has 3 heteroatoms. The van der Waals surface area contributed by atoms with Crippen LogP contribution in [0.1, 0.15) is 13.3 Å². The predicted molar refractivity (Wildman–Crippen MR) is 66.6 cm³/mol. The summed E-state index contributed by atoms with van der Waals surface area (Å²) in [5.41, 5.74) is 0.897. The Labute approximate surface area is 97.1 Å². The smallest absolute Gasteiger partial charge is 0.0745 e. The molecule has 1 aliphatic rings. The van der Waals surface area contributed by atoms with Crippen LogP contribution in [-0.4, -0.2) is 41.8 Å². The number of benzene rings is 1. The molecule has 1 aliphatic heterocycles. The first-order valence-corrected chi connectivity index (χ1v) is 5.79. The number of hydrogen-bond acceptors (Lipinski definition) is 3. The molecular formula is C13H20N2O. The van der Waals surface area contributed by atoms with E-state index in [1.165, 1.54) is 0 Å². The minimum absolute atomic E-state index is 0.177. The molecule has 2 rings (SSSR count). The minimum atomic E-state index is -0.185. The van der Waals surface area contributed by atoms with E-state index in [0.717, 1.165) is 18.7 Å². The first kappa shape index (κ1) is 11.4. The van der Waals surface area contributed by atoms with Crippen molar-refractivity contribution < 1.29 is 5.11 Å². The van der Waals surface area contributed by atoms with E-state index in [4.69, 9.17) is 0 Å². The number of anilines is 1. The lowest BCUT2D eigenvalue weighted by Gasteiger charge is -2.29. The number of nitrogens with one attached hydrogen (secondary N) is 1. The van der Waals surface area contributed by atoms with Gasteiger partial charge in [-0.1, -0.05) is 18.2 Å². The number of aliphatic hydroxyl groups is 1. The van der Waals surface area contributed by atoms with Gasteiger partial charge in [-0.25, -0.2) is 0 Å². The zero-order valence-corrected chi connectivity index (χ0v) is 9.98. The Kier molecular flexibility index (Phi) is 3.17.